The molecule has 0 unspecified atom stereocenters. The third-order valence-electron chi connectivity index (χ3n) is 6.12. The maximum atomic E-state index is 12.6. The molecule has 2 aromatic heterocycles. The van der Waals surface area contributed by atoms with Gasteiger partial charge < -0.3 is 10.2 Å². The number of pyridine rings is 1. The van der Waals surface area contributed by atoms with Crippen LogP contribution in [0.2, 0.25) is 0 Å². The fraction of sp³-hybridized carbons (Fsp3) is 0.172. The third-order valence-corrected chi connectivity index (χ3v) is 6.12. The monoisotopic (exact) mass is 477 g/mol. The largest absolute Gasteiger partial charge is 0.339 e. The fourth-order valence-corrected chi connectivity index (χ4v) is 4.29. The molecule has 4 aromatic rings. The van der Waals surface area contributed by atoms with Gasteiger partial charge in [0.05, 0.1) is 6.54 Å². The Labute approximate surface area is 210 Å². The number of carbonyl (C=O) groups is 2. The van der Waals surface area contributed by atoms with Crippen molar-refractivity contribution < 1.29 is 9.59 Å². The van der Waals surface area contributed by atoms with Crippen LogP contribution >= 0.6 is 0 Å². The summed E-state index contributed by atoms with van der Waals surface area (Å²) in [6, 6.07) is 20.9. The van der Waals surface area contributed by atoms with E-state index < -0.39 is 0 Å². The number of hydrogen-bond donors (Lipinski definition) is 1. The highest BCUT2D eigenvalue weighted by Gasteiger charge is 2.19. The lowest BCUT2D eigenvalue weighted by atomic mass is 10.1. The van der Waals surface area contributed by atoms with E-state index in [0.717, 1.165) is 48.3 Å². The fourth-order valence-electron chi connectivity index (χ4n) is 4.29. The van der Waals surface area contributed by atoms with Crippen LogP contribution in [-0.4, -0.2) is 44.6 Å². The number of likely N-dealkylation sites (tertiary alicyclic amines) is 1. The minimum Gasteiger partial charge on any atom is -0.339 e. The molecule has 1 N–H and O–H groups in total. The Morgan fingerprint density at radius 1 is 0.944 bits per heavy atom. The summed E-state index contributed by atoms with van der Waals surface area (Å²) in [7, 11) is 0. The van der Waals surface area contributed by atoms with Crippen molar-refractivity contribution in [3.05, 3.63) is 108 Å². The topological polar surface area (TPSA) is 80.1 Å². The Bertz CT molecular complexity index is 1360. The number of nitrogens with zero attached hydrogens (tertiary/aromatic N) is 4. The first kappa shape index (κ1) is 23.2. The van der Waals surface area contributed by atoms with Crippen LogP contribution in [0.4, 0.5) is 5.69 Å². The molecule has 1 aliphatic rings. The maximum absolute atomic E-state index is 12.6. The van der Waals surface area contributed by atoms with Gasteiger partial charge in [0.15, 0.2) is 0 Å². The van der Waals surface area contributed by atoms with Crippen molar-refractivity contribution >= 4 is 23.6 Å². The minimum atomic E-state index is -0.262. The van der Waals surface area contributed by atoms with Crippen molar-refractivity contribution in [1.82, 2.24) is 19.7 Å². The van der Waals surface area contributed by atoms with Gasteiger partial charge in [-0.2, -0.15) is 5.10 Å². The number of hydrogen-bond acceptors (Lipinski definition) is 4. The molecule has 0 radical (unpaired) electrons. The van der Waals surface area contributed by atoms with Crippen LogP contribution in [-0.2, 0) is 11.3 Å². The highest BCUT2D eigenvalue weighted by atomic mass is 16.2. The molecule has 0 aliphatic carbocycles. The van der Waals surface area contributed by atoms with E-state index in [1.54, 1.807) is 42.7 Å². The first-order valence-electron chi connectivity index (χ1n) is 12.1. The SMILES string of the molecule is O=C(C=Cc1cn(Cc2ccccc2)nc1-c1cccnc1)Nc1ccc(C(=O)N2CCCC2)cc1. The van der Waals surface area contributed by atoms with E-state index >= 15 is 0 Å². The zero-order valence-corrected chi connectivity index (χ0v) is 19.9. The van der Waals surface area contributed by atoms with E-state index in [-0.39, 0.29) is 11.8 Å². The Balaban J connectivity index is 1.29. The van der Waals surface area contributed by atoms with Crippen molar-refractivity contribution in [3.8, 4) is 11.3 Å². The van der Waals surface area contributed by atoms with Gasteiger partial charge in [-0.15, -0.1) is 0 Å². The predicted octanol–water partition coefficient (Wildman–Crippen LogP) is 4.88. The minimum absolute atomic E-state index is 0.0423. The summed E-state index contributed by atoms with van der Waals surface area (Å²) in [6.45, 7) is 2.24. The van der Waals surface area contributed by atoms with Crippen molar-refractivity contribution in [2.24, 2.45) is 0 Å². The Hall–Kier alpha value is -4.52. The summed E-state index contributed by atoms with van der Waals surface area (Å²) < 4.78 is 1.87. The van der Waals surface area contributed by atoms with Crippen LogP contribution in [0, 0.1) is 0 Å². The predicted molar refractivity (Wildman–Crippen MR) is 140 cm³/mol. The van der Waals surface area contributed by atoms with Crippen molar-refractivity contribution in [2.45, 2.75) is 19.4 Å². The molecule has 7 heteroatoms. The summed E-state index contributed by atoms with van der Waals surface area (Å²) in [5.74, 6) is -0.220. The lowest BCUT2D eigenvalue weighted by Gasteiger charge is -2.15. The summed E-state index contributed by atoms with van der Waals surface area (Å²) in [5.41, 5.74) is 4.86. The van der Waals surface area contributed by atoms with E-state index in [4.69, 9.17) is 5.10 Å². The maximum Gasteiger partial charge on any atom is 0.253 e. The van der Waals surface area contributed by atoms with Gasteiger partial charge in [0.2, 0.25) is 5.91 Å². The molecule has 1 aliphatic heterocycles. The van der Waals surface area contributed by atoms with Crippen LogP contribution < -0.4 is 5.32 Å². The van der Waals surface area contributed by atoms with Gasteiger partial charge in [0.25, 0.3) is 5.91 Å². The molecule has 5 rings (SSSR count). The average Bonchev–Trinajstić information content (AvgIpc) is 3.59. The number of rotatable bonds is 7. The molecule has 180 valence electrons. The van der Waals surface area contributed by atoms with Crippen molar-refractivity contribution in [3.63, 3.8) is 0 Å². The smallest absolute Gasteiger partial charge is 0.253 e. The molecule has 1 saturated heterocycles. The summed E-state index contributed by atoms with van der Waals surface area (Å²) >= 11 is 0. The Morgan fingerprint density at radius 2 is 1.72 bits per heavy atom. The first-order chi connectivity index (χ1) is 17.7. The van der Waals surface area contributed by atoms with Gasteiger partial charge in [-0.1, -0.05) is 30.3 Å². The van der Waals surface area contributed by atoms with Gasteiger partial charge >= 0.3 is 0 Å². The van der Waals surface area contributed by atoms with Crippen molar-refractivity contribution in [2.75, 3.05) is 18.4 Å². The summed E-state index contributed by atoms with van der Waals surface area (Å²) in [4.78, 5) is 31.2. The van der Waals surface area contributed by atoms with E-state index in [2.05, 4.69) is 22.4 Å². The molecular weight excluding hydrogens is 450 g/mol. The number of nitrogens with one attached hydrogen (secondary N) is 1. The van der Waals surface area contributed by atoms with Crippen LogP contribution in [0.1, 0.15) is 34.3 Å². The second-order valence-corrected chi connectivity index (χ2v) is 8.76. The van der Waals surface area contributed by atoms with E-state index in [1.807, 2.05) is 46.1 Å². The van der Waals surface area contributed by atoms with Crippen LogP contribution in [0.5, 0.6) is 0 Å². The molecule has 2 amide bonds. The molecule has 0 bridgehead atoms. The number of benzene rings is 2. The van der Waals surface area contributed by atoms with E-state index in [0.29, 0.717) is 17.8 Å². The molecule has 0 spiro atoms. The van der Waals surface area contributed by atoms with Gasteiger partial charge in [0.1, 0.15) is 5.69 Å². The lowest BCUT2D eigenvalue weighted by Crippen LogP contribution is -2.27. The van der Waals surface area contributed by atoms with Gasteiger partial charge in [0, 0.05) is 60.1 Å². The number of aromatic nitrogens is 3. The molecular formula is C29H27N5O2. The van der Waals surface area contributed by atoms with E-state index in [1.165, 1.54) is 6.08 Å². The number of anilines is 1. The Kier molecular flexibility index (Phi) is 6.98. The van der Waals surface area contributed by atoms with Crippen LogP contribution in [0.25, 0.3) is 17.3 Å². The molecule has 0 saturated carbocycles. The second-order valence-electron chi connectivity index (χ2n) is 8.76. The Morgan fingerprint density at radius 3 is 2.44 bits per heavy atom. The molecule has 3 heterocycles. The quantitative estimate of drug-likeness (QED) is 0.385. The molecule has 1 fully saturated rings. The van der Waals surface area contributed by atoms with Crippen LogP contribution in [0.15, 0.2) is 91.4 Å². The number of carbonyl (C=O) groups excluding carboxylic acids is 2. The van der Waals surface area contributed by atoms with Gasteiger partial charge in [-0.05, 0) is 60.9 Å². The normalized spacial score (nSPS) is 13.3. The highest BCUT2D eigenvalue weighted by molar-refractivity contribution is 6.02. The zero-order valence-electron chi connectivity index (χ0n) is 19.9. The van der Waals surface area contributed by atoms with E-state index in [9.17, 15) is 9.59 Å². The van der Waals surface area contributed by atoms with Gasteiger partial charge in [-0.25, -0.2) is 0 Å². The van der Waals surface area contributed by atoms with Crippen molar-refractivity contribution in [1.29, 1.82) is 0 Å². The first-order valence-corrected chi connectivity index (χ1v) is 12.1. The van der Waals surface area contributed by atoms with Crippen LogP contribution in [0.3, 0.4) is 0 Å². The number of amides is 2. The zero-order chi connectivity index (χ0) is 24.7. The summed E-state index contributed by atoms with van der Waals surface area (Å²) in [6.07, 6.45) is 10.8. The molecule has 2 aromatic carbocycles. The standard InChI is InChI=1S/C29H27N5O2/c35-27(31-26-13-10-23(11-14-26)29(36)33-17-4-5-18-33)15-12-25-21-34(20-22-7-2-1-3-8-22)32-28(25)24-9-6-16-30-19-24/h1-3,6-16,19,21H,4-5,17-18,20H2,(H,31,35). The summed E-state index contributed by atoms with van der Waals surface area (Å²) in [5, 5.41) is 7.62. The average molecular weight is 478 g/mol. The molecule has 0 atom stereocenters. The molecule has 7 nitrogen and oxygen atoms in total. The molecule has 36 heavy (non-hydrogen) atoms. The third kappa shape index (κ3) is 5.58. The second kappa shape index (κ2) is 10.8. The highest BCUT2D eigenvalue weighted by Crippen LogP contribution is 2.23. The lowest BCUT2D eigenvalue weighted by molar-refractivity contribution is -0.111. The van der Waals surface area contributed by atoms with Gasteiger partial charge in [-0.3, -0.25) is 19.3 Å².